The lowest BCUT2D eigenvalue weighted by Crippen LogP contribution is -2.34. The monoisotopic (exact) mass is 418 g/mol. The Kier molecular flexibility index (Phi) is 4.04. The number of benzene rings is 1. The molecular formula is C24H26N4O3. The molecule has 31 heavy (non-hydrogen) atoms. The number of fused-ring (bicyclic) bond motifs is 2. The Morgan fingerprint density at radius 3 is 2.68 bits per heavy atom. The van der Waals surface area contributed by atoms with Crippen molar-refractivity contribution in [3.05, 3.63) is 41.7 Å². The standard InChI is InChI=1S/C24H26N4O3/c1-14(2)28-22-18(13-25-28)17(12-19(27-22)15-5-6-15)23(29)26-16-7-8-20-21(11-16)31-24(30-20)9-3-4-10-24/h7-8,11-15H,3-6,9-10H2,1-2H3,(H,26,29). The Balaban J connectivity index is 1.32. The molecule has 2 aromatic heterocycles. The number of rotatable bonds is 4. The van der Waals surface area contributed by atoms with Gasteiger partial charge in [-0.25, -0.2) is 9.67 Å². The Bertz CT molecular complexity index is 1190. The summed E-state index contributed by atoms with van der Waals surface area (Å²) in [7, 11) is 0. The normalized spacial score (nSPS) is 18.9. The summed E-state index contributed by atoms with van der Waals surface area (Å²) >= 11 is 0. The molecule has 3 heterocycles. The highest BCUT2D eigenvalue weighted by atomic mass is 16.7. The van der Waals surface area contributed by atoms with E-state index in [0.29, 0.717) is 22.9 Å². The Hall–Kier alpha value is -3.09. The van der Waals surface area contributed by atoms with Crippen molar-refractivity contribution in [2.75, 3.05) is 5.32 Å². The minimum atomic E-state index is -0.507. The molecule has 2 saturated carbocycles. The molecule has 0 unspecified atom stereocenters. The SMILES string of the molecule is CC(C)n1ncc2c(C(=O)Nc3ccc4c(c3)OC3(CCCC3)O4)cc(C3CC3)nc21. The van der Waals surface area contributed by atoms with Crippen molar-refractivity contribution in [2.24, 2.45) is 0 Å². The first-order valence-corrected chi connectivity index (χ1v) is 11.2. The van der Waals surface area contributed by atoms with E-state index in [-0.39, 0.29) is 11.9 Å². The summed E-state index contributed by atoms with van der Waals surface area (Å²) < 4.78 is 14.1. The number of hydrogen-bond acceptors (Lipinski definition) is 5. The second kappa shape index (κ2) is 6.70. The van der Waals surface area contributed by atoms with Crippen LogP contribution in [0.15, 0.2) is 30.5 Å². The predicted molar refractivity (Wildman–Crippen MR) is 117 cm³/mol. The Morgan fingerprint density at radius 1 is 1.16 bits per heavy atom. The fourth-order valence-corrected chi connectivity index (χ4v) is 4.68. The van der Waals surface area contributed by atoms with Crippen LogP contribution < -0.4 is 14.8 Å². The second-order valence-electron chi connectivity index (χ2n) is 9.23. The van der Waals surface area contributed by atoms with Gasteiger partial charge in [-0.15, -0.1) is 0 Å². The van der Waals surface area contributed by atoms with Gasteiger partial charge in [-0.1, -0.05) is 0 Å². The maximum Gasteiger partial charge on any atom is 0.256 e. The zero-order valence-electron chi connectivity index (χ0n) is 17.9. The Labute approximate surface area is 180 Å². The van der Waals surface area contributed by atoms with Crippen molar-refractivity contribution in [1.82, 2.24) is 14.8 Å². The molecule has 160 valence electrons. The predicted octanol–water partition coefficient (Wildman–Crippen LogP) is 5.18. The average Bonchev–Trinajstić information content (AvgIpc) is 3.19. The molecule has 1 aromatic carbocycles. The summed E-state index contributed by atoms with van der Waals surface area (Å²) in [5.41, 5.74) is 3.06. The third-order valence-corrected chi connectivity index (χ3v) is 6.47. The third-order valence-electron chi connectivity index (χ3n) is 6.47. The first-order valence-electron chi connectivity index (χ1n) is 11.2. The van der Waals surface area contributed by atoms with Crippen molar-refractivity contribution >= 4 is 22.6 Å². The molecule has 2 fully saturated rings. The van der Waals surface area contributed by atoms with Gasteiger partial charge in [-0.3, -0.25) is 4.79 Å². The van der Waals surface area contributed by atoms with E-state index >= 15 is 0 Å². The molecule has 1 aliphatic heterocycles. The van der Waals surface area contributed by atoms with E-state index in [1.165, 1.54) is 0 Å². The molecular weight excluding hydrogens is 392 g/mol. The fourth-order valence-electron chi connectivity index (χ4n) is 4.68. The van der Waals surface area contributed by atoms with Gasteiger partial charge in [0.2, 0.25) is 0 Å². The minimum absolute atomic E-state index is 0.160. The van der Waals surface area contributed by atoms with Gasteiger partial charge in [0, 0.05) is 42.2 Å². The van der Waals surface area contributed by atoms with Crippen LogP contribution in [0.4, 0.5) is 5.69 Å². The van der Waals surface area contributed by atoms with Crippen LogP contribution in [0, 0.1) is 0 Å². The molecule has 7 heteroatoms. The number of nitrogens with zero attached hydrogens (tertiary/aromatic N) is 3. The van der Waals surface area contributed by atoms with E-state index in [4.69, 9.17) is 14.5 Å². The summed E-state index contributed by atoms with van der Waals surface area (Å²) in [5.74, 6) is 1.23. The maximum absolute atomic E-state index is 13.3. The van der Waals surface area contributed by atoms with Crippen molar-refractivity contribution in [3.8, 4) is 11.5 Å². The second-order valence-corrected chi connectivity index (χ2v) is 9.23. The van der Waals surface area contributed by atoms with Crippen LogP contribution in [0.1, 0.15) is 80.4 Å². The van der Waals surface area contributed by atoms with Gasteiger partial charge in [-0.2, -0.15) is 5.10 Å². The molecule has 1 N–H and O–H groups in total. The number of amides is 1. The highest BCUT2D eigenvalue weighted by Crippen LogP contribution is 2.47. The smallest absolute Gasteiger partial charge is 0.256 e. The number of aromatic nitrogens is 3. The minimum Gasteiger partial charge on any atom is -0.448 e. The number of nitrogens with one attached hydrogen (secondary N) is 1. The van der Waals surface area contributed by atoms with Crippen LogP contribution in [-0.2, 0) is 0 Å². The van der Waals surface area contributed by atoms with Crippen LogP contribution in [0.25, 0.3) is 11.0 Å². The highest BCUT2D eigenvalue weighted by molar-refractivity contribution is 6.12. The number of pyridine rings is 1. The van der Waals surface area contributed by atoms with E-state index in [1.54, 1.807) is 6.20 Å². The number of carbonyl (C=O) groups is 1. The summed E-state index contributed by atoms with van der Waals surface area (Å²) in [6.45, 7) is 4.14. The molecule has 3 aliphatic rings. The molecule has 0 bridgehead atoms. The van der Waals surface area contributed by atoms with E-state index in [0.717, 1.165) is 61.0 Å². The first kappa shape index (κ1) is 18.7. The summed E-state index contributed by atoms with van der Waals surface area (Å²) in [6.07, 6.45) is 8.03. The van der Waals surface area contributed by atoms with Crippen LogP contribution >= 0.6 is 0 Å². The summed E-state index contributed by atoms with van der Waals surface area (Å²) in [6, 6.07) is 7.71. The largest absolute Gasteiger partial charge is 0.448 e. The van der Waals surface area contributed by atoms with Gasteiger partial charge in [-0.05, 0) is 57.7 Å². The van der Waals surface area contributed by atoms with Crippen LogP contribution in [-0.4, -0.2) is 26.5 Å². The summed E-state index contributed by atoms with van der Waals surface area (Å²) in [4.78, 5) is 18.1. The first-order chi connectivity index (χ1) is 15.0. The van der Waals surface area contributed by atoms with Crippen LogP contribution in [0.2, 0.25) is 0 Å². The zero-order chi connectivity index (χ0) is 21.2. The van der Waals surface area contributed by atoms with E-state index in [9.17, 15) is 4.79 Å². The zero-order valence-corrected chi connectivity index (χ0v) is 17.9. The number of carbonyl (C=O) groups excluding carboxylic acids is 1. The fraction of sp³-hybridized carbons (Fsp3) is 0.458. The molecule has 0 radical (unpaired) electrons. The van der Waals surface area contributed by atoms with Crippen molar-refractivity contribution in [1.29, 1.82) is 0 Å². The van der Waals surface area contributed by atoms with Gasteiger partial charge < -0.3 is 14.8 Å². The van der Waals surface area contributed by atoms with E-state index in [1.807, 2.05) is 28.9 Å². The van der Waals surface area contributed by atoms with Crippen molar-refractivity contribution in [3.63, 3.8) is 0 Å². The molecule has 0 atom stereocenters. The van der Waals surface area contributed by atoms with Crippen LogP contribution in [0.5, 0.6) is 11.5 Å². The average molecular weight is 418 g/mol. The maximum atomic E-state index is 13.3. The molecule has 3 aromatic rings. The van der Waals surface area contributed by atoms with E-state index in [2.05, 4.69) is 24.3 Å². The topological polar surface area (TPSA) is 78.3 Å². The summed E-state index contributed by atoms with van der Waals surface area (Å²) in [5, 5.41) is 8.32. The van der Waals surface area contributed by atoms with E-state index < -0.39 is 5.79 Å². The van der Waals surface area contributed by atoms with Gasteiger partial charge in [0.05, 0.1) is 17.1 Å². The molecule has 7 nitrogen and oxygen atoms in total. The third kappa shape index (κ3) is 3.14. The lowest BCUT2D eigenvalue weighted by molar-refractivity contribution is -0.0716. The van der Waals surface area contributed by atoms with Gasteiger partial charge in [0.15, 0.2) is 17.1 Å². The molecule has 0 saturated heterocycles. The molecule has 2 aliphatic carbocycles. The highest BCUT2D eigenvalue weighted by Gasteiger charge is 2.44. The molecule has 6 rings (SSSR count). The number of hydrogen-bond donors (Lipinski definition) is 1. The van der Waals surface area contributed by atoms with Gasteiger partial charge in [0.25, 0.3) is 11.7 Å². The number of anilines is 1. The molecule has 1 amide bonds. The van der Waals surface area contributed by atoms with Gasteiger partial charge >= 0.3 is 0 Å². The Morgan fingerprint density at radius 2 is 1.94 bits per heavy atom. The van der Waals surface area contributed by atoms with Crippen molar-refractivity contribution in [2.45, 2.75) is 70.1 Å². The lowest BCUT2D eigenvalue weighted by Gasteiger charge is -2.21. The molecule has 1 spiro atoms. The van der Waals surface area contributed by atoms with Crippen LogP contribution in [0.3, 0.4) is 0 Å². The quantitative estimate of drug-likeness (QED) is 0.631. The van der Waals surface area contributed by atoms with Gasteiger partial charge in [0.1, 0.15) is 0 Å². The van der Waals surface area contributed by atoms with Crippen molar-refractivity contribution < 1.29 is 14.3 Å². The lowest BCUT2D eigenvalue weighted by atomic mass is 10.1. The number of ether oxygens (including phenoxy) is 2.